The number of carboxylic acids is 1. The molecule has 0 radical (unpaired) electrons. The summed E-state index contributed by atoms with van der Waals surface area (Å²) in [5.41, 5.74) is 0.897. The molecule has 0 atom stereocenters. The summed E-state index contributed by atoms with van der Waals surface area (Å²) in [4.78, 5) is 11.1. The molecule has 0 aliphatic carbocycles. The van der Waals surface area contributed by atoms with E-state index >= 15 is 0 Å². The summed E-state index contributed by atoms with van der Waals surface area (Å²) in [7, 11) is 0. The number of rotatable bonds is 4. The molecule has 0 saturated heterocycles. The molecule has 19 heavy (non-hydrogen) atoms. The Labute approximate surface area is 120 Å². The Balaban J connectivity index is 2.17. The van der Waals surface area contributed by atoms with Gasteiger partial charge in [0.1, 0.15) is 17.9 Å². The van der Waals surface area contributed by atoms with Gasteiger partial charge >= 0.3 is 5.97 Å². The van der Waals surface area contributed by atoms with E-state index in [2.05, 4.69) is 0 Å². The predicted octanol–water partition coefficient (Wildman–Crippen LogP) is 4.27. The van der Waals surface area contributed by atoms with Gasteiger partial charge < -0.3 is 9.84 Å². The van der Waals surface area contributed by atoms with Crippen molar-refractivity contribution in [1.29, 1.82) is 0 Å². The highest BCUT2D eigenvalue weighted by Crippen LogP contribution is 2.24. The molecule has 5 heteroatoms. The average molecular weight is 297 g/mol. The third kappa shape index (κ3) is 3.63. The summed E-state index contributed by atoms with van der Waals surface area (Å²) in [5.74, 6) is -0.805. The van der Waals surface area contributed by atoms with E-state index in [4.69, 9.17) is 33.0 Å². The molecule has 98 valence electrons. The summed E-state index contributed by atoms with van der Waals surface area (Å²) in [6.45, 7) is 0.239. The molecule has 0 unspecified atom stereocenters. The lowest BCUT2D eigenvalue weighted by atomic mass is 10.2. The molecule has 0 amide bonds. The van der Waals surface area contributed by atoms with E-state index in [9.17, 15) is 4.79 Å². The van der Waals surface area contributed by atoms with Crippen LogP contribution < -0.4 is 4.74 Å². The number of hydrogen-bond donors (Lipinski definition) is 1. The van der Waals surface area contributed by atoms with Gasteiger partial charge in [-0.05, 0) is 35.9 Å². The Morgan fingerprint density at radius 1 is 1.11 bits per heavy atom. The maximum atomic E-state index is 11.1. The van der Waals surface area contributed by atoms with E-state index in [0.29, 0.717) is 10.0 Å². The van der Waals surface area contributed by atoms with Gasteiger partial charge in [0.15, 0.2) is 0 Å². The minimum atomic E-state index is -1.08. The fourth-order valence-corrected chi connectivity index (χ4v) is 1.97. The maximum absolute atomic E-state index is 11.1. The van der Waals surface area contributed by atoms with Gasteiger partial charge in [0.05, 0.1) is 0 Å². The van der Waals surface area contributed by atoms with Crippen molar-refractivity contribution in [2.75, 3.05) is 0 Å². The molecule has 2 aromatic rings. The van der Waals surface area contributed by atoms with Crippen LogP contribution >= 0.6 is 23.2 Å². The minimum Gasteiger partial charge on any atom is -0.488 e. The summed E-state index contributed by atoms with van der Waals surface area (Å²) in [5, 5.41) is 10.0. The largest absolute Gasteiger partial charge is 0.488 e. The molecule has 0 spiro atoms. The summed E-state index contributed by atoms with van der Waals surface area (Å²) in [6, 6.07) is 11.7. The number of aromatic carboxylic acids is 1. The normalized spacial score (nSPS) is 10.2. The van der Waals surface area contributed by atoms with Crippen LogP contribution in [0.4, 0.5) is 0 Å². The highest BCUT2D eigenvalue weighted by atomic mass is 35.5. The molecule has 0 saturated carbocycles. The van der Waals surface area contributed by atoms with Gasteiger partial charge in [-0.25, -0.2) is 4.79 Å². The lowest BCUT2D eigenvalue weighted by Gasteiger charge is -2.09. The number of carboxylic acid groups (broad SMARTS) is 1. The van der Waals surface area contributed by atoms with Crippen molar-refractivity contribution in [3.8, 4) is 5.75 Å². The smallest absolute Gasteiger partial charge is 0.339 e. The van der Waals surface area contributed by atoms with Gasteiger partial charge in [0.2, 0.25) is 0 Å². The molecular formula is C14H10Cl2O3. The van der Waals surface area contributed by atoms with Crippen molar-refractivity contribution < 1.29 is 14.6 Å². The van der Waals surface area contributed by atoms with Crippen molar-refractivity contribution >= 4 is 29.2 Å². The average Bonchev–Trinajstić information content (AvgIpc) is 2.37. The topological polar surface area (TPSA) is 46.5 Å². The van der Waals surface area contributed by atoms with Crippen LogP contribution in [0.1, 0.15) is 15.9 Å². The van der Waals surface area contributed by atoms with Crippen molar-refractivity contribution in [2.45, 2.75) is 6.61 Å². The van der Waals surface area contributed by atoms with Gasteiger partial charge in [-0.2, -0.15) is 0 Å². The fraction of sp³-hybridized carbons (Fsp3) is 0.0714. The second-order valence-electron chi connectivity index (χ2n) is 3.86. The molecule has 0 heterocycles. The second-order valence-corrected chi connectivity index (χ2v) is 4.74. The number of benzene rings is 2. The van der Waals surface area contributed by atoms with E-state index in [1.807, 2.05) is 6.07 Å². The van der Waals surface area contributed by atoms with Crippen LogP contribution in [0.3, 0.4) is 0 Å². The molecule has 0 aromatic heterocycles. The van der Waals surface area contributed by atoms with Crippen molar-refractivity contribution in [3.05, 3.63) is 63.6 Å². The van der Waals surface area contributed by atoms with Crippen molar-refractivity contribution in [3.63, 3.8) is 0 Å². The van der Waals surface area contributed by atoms with Crippen LogP contribution in [-0.2, 0) is 6.61 Å². The first-order valence-electron chi connectivity index (χ1n) is 5.46. The molecule has 3 nitrogen and oxygen atoms in total. The van der Waals surface area contributed by atoms with Crippen LogP contribution in [0, 0.1) is 0 Å². The fourth-order valence-electron chi connectivity index (χ4n) is 1.58. The van der Waals surface area contributed by atoms with E-state index in [1.165, 1.54) is 12.1 Å². The zero-order valence-electron chi connectivity index (χ0n) is 9.77. The van der Waals surface area contributed by atoms with Gasteiger partial charge in [-0.15, -0.1) is 0 Å². The van der Waals surface area contributed by atoms with Gasteiger partial charge in [0.25, 0.3) is 0 Å². The van der Waals surface area contributed by atoms with Gasteiger partial charge in [-0.1, -0.05) is 35.3 Å². The van der Waals surface area contributed by atoms with Crippen LogP contribution in [-0.4, -0.2) is 11.1 Å². The molecular weight excluding hydrogens is 287 g/mol. The number of hydrogen-bond acceptors (Lipinski definition) is 2. The zero-order chi connectivity index (χ0) is 13.8. The number of ether oxygens (including phenoxy) is 1. The van der Waals surface area contributed by atoms with E-state index in [1.54, 1.807) is 24.3 Å². The second kappa shape index (κ2) is 5.95. The van der Waals surface area contributed by atoms with E-state index in [0.717, 1.165) is 5.56 Å². The first-order valence-corrected chi connectivity index (χ1v) is 6.22. The van der Waals surface area contributed by atoms with Gasteiger partial charge in [-0.3, -0.25) is 0 Å². The quantitative estimate of drug-likeness (QED) is 0.916. The monoisotopic (exact) mass is 296 g/mol. The number of halogens is 2. The van der Waals surface area contributed by atoms with Crippen LogP contribution in [0.5, 0.6) is 5.75 Å². The zero-order valence-corrected chi connectivity index (χ0v) is 11.3. The van der Waals surface area contributed by atoms with Crippen LogP contribution in [0.2, 0.25) is 10.0 Å². The minimum absolute atomic E-state index is 0.0366. The molecule has 2 rings (SSSR count). The third-order valence-corrected chi connectivity index (χ3v) is 2.93. The standard InChI is InChI=1S/C14H10Cl2O3/c15-10-3-1-2-9(6-10)8-19-13-5-4-11(16)7-12(13)14(17)18/h1-7H,8H2,(H,17,18). The predicted molar refractivity (Wildman–Crippen MR) is 74.2 cm³/mol. The first-order chi connectivity index (χ1) is 9.06. The van der Waals surface area contributed by atoms with E-state index in [-0.39, 0.29) is 17.9 Å². The molecule has 1 N–H and O–H groups in total. The summed E-state index contributed by atoms with van der Waals surface area (Å²) < 4.78 is 5.50. The Kier molecular flexibility index (Phi) is 4.30. The molecule has 0 aliphatic rings. The Bertz CT molecular complexity index is 611. The highest BCUT2D eigenvalue weighted by Gasteiger charge is 2.12. The van der Waals surface area contributed by atoms with Crippen molar-refractivity contribution in [1.82, 2.24) is 0 Å². The first kappa shape index (κ1) is 13.7. The van der Waals surface area contributed by atoms with E-state index < -0.39 is 5.97 Å². The molecule has 0 fully saturated rings. The van der Waals surface area contributed by atoms with Crippen LogP contribution in [0.25, 0.3) is 0 Å². The third-order valence-electron chi connectivity index (χ3n) is 2.46. The van der Waals surface area contributed by atoms with Crippen LogP contribution in [0.15, 0.2) is 42.5 Å². The lowest BCUT2D eigenvalue weighted by molar-refractivity contribution is 0.0692. The Hall–Kier alpha value is -1.71. The highest BCUT2D eigenvalue weighted by molar-refractivity contribution is 6.31. The summed E-state index contributed by atoms with van der Waals surface area (Å²) >= 11 is 11.6. The van der Waals surface area contributed by atoms with Gasteiger partial charge in [0, 0.05) is 10.0 Å². The Morgan fingerprint density at radius 3 is 2.53 bits per heavy atom. The summed E-state index contributed by atoms with van der Waals surface area (Å²) in [6.07, 6.45) is 0. The number of carbonyl (C=O) groups is 1. The van der Waals surface area contributed by atoms with Crippen molar-refractivity contribution in [2.24, 2.45) is 0 Å². The Morgan fingerprint density at radius 2 is 1.84 bits per heavy atom. The lowest BCUT2D eigenvalue weighted by Crippen LogP contribution is -2.03. The SMILES string of the molecule is O=C(O)c1cc(Cl)ccc1OCc1cccc(Cl)c1. The molecule has 2 aromatic carbocycles. The maximum Gasteiger partial charge on any atom is 0.339 e. The molecule has 0 aliphatic heterocycles. The molecule has 0 bridgehead atoms.